The van der Waals surface area contributed by atoms with Crippen LogP contribution in [0.1, 0.15) is 26.2 Å². The fourth-order valence-electron chi connectivity index (χ4n) is 2.33. The quantitative estimate of drug-likeness (QED) is 0.714. The zero-order chi connectivity index (χ0) is 9.26. The molecule has 0 unspecified atom stereocenters. The molecule has 0 aromatic heterocycles. The van der Waals surface area contributed by atoms with Gasteiger partial charge < -0.3 is 10.0 Å². The molecule has 0 aromatic rings. The van der Waals surface area contributed by atoms with Gasteiger partial charge in [-0.2, -0.15) is 0 Å². The van der Waals surface area contributed by atoms with E-state index in [9.17, 15) is 0 Å². The Balaban J connectivity index is 1.66. The molecule has 1 saturated carbocycles. The van der Waals surface area contributed by atoms with Crippen molar-refractivity contribution in [2.24, 2.45) is 17.8 Å². The molecule has 0 spiro atoms. The van der Waals surface area contributed by atoms with Gasteiger partial charge >= 0.3 is 0 Å². The predicted molar refractivity (Wildman–Crippen MR) is 53.5 cm³/mol. The molecule has 2 aliphatic rings. The Labute approximate surface area is 80.9 Å². The summed E-state index contributed by atoms with van der Waals surface area (Å²) in [6.45, 7) is 6.59. The molecule has 1 saturated heterocycles. The molecular weight excluding hydrogens is 162 g/mol. The van der Waals surface area contributed by atoms with E-state index in [0.717, 1.165) is 11.8 Å². The molecule has 13 heavy (non-hydrogen) atoms. The van der Waals surface area contributed by atoms with Gasteiger partial charge in [0.25, 0.3) is 0 Å². The van der Waals surface area contributed by atoms with Crippen LogP contribution < -0.4 is 0 Å². The third-order valence-corrected chi connectivity index (χ3v) is 3.67. The van der Waals surface area contributed by atoms with Crippen molar-refractivity contribution in [3.8, 4) is 0 Å². The van der Waals surface area contributed by atoms with Crippen molar-refractivity contribution in [3.05, 3.63) is 0 Å². The molecule has 1 aliphatic heterocycles. The molecule has 2 nitrogen and oxygen atoms in total. The molecule has 2 atom stereocenters. The number of likely N-dealkylation sites (tertiary alicyclic amines) is 1. The number of piperidine rings is 1. The standard InChI is InChI=1S/C11H21NO/c1-9-2-4-12(5-3-9)7-10-6-11(10)8-13/h9-11,13H,2-8H2,1H3/t10-,11+/m1/s1. The molecule has 0 aromatic carbocycles. The number of hydrogen-bond acceptors (Lipinski definition) is 2. The topological polar surface area (TPSA) is 23.5 Å². The lowest BCUT2D eigenvalue weighted by molar-refractivity contribution is 0.177. The monoisotopic (exact) mass is 183 g/mol. The number of hydrogen-bond donors (Lipinski definition) is 1. The first-order valence-electron chi connectivity index (χ1n) is 5.63. The third-order valence-electron chi connectivity index (χ3n) is 3.67. The summed E-state index contributed by atoms with van der Waals surface area (Å²) >= 11 is 0. The van der Waals surface area contributed by atoms with E-state index >= 15 is 0 Å². The second-order valence-corrected chi connectivity index (χ2v) is 4.92. The maximum Gasteiger partial charge on any atom is 0.0462 e. The highest BCUT2D eigenvalue weighted by atomic mass is 16.3. The summed E-state index contributed by atoms with van der Waals surface area (Å²) in [5, 5.41) is 8.93. The number of aliphatic hydroxyl groups is 1. The van der Waals surface area contributed by atoms with Gasteiger partial charge in [0.05, 0.1) is 0 Å². The van der Waals surface area contributed by atoms with E-state index in [-0.39, 0.29) is 0 Å². The highest BCUT2D eigenvalue weighted by Gasteiger charge is 2.37. The van der Waals surface area contributed by atoms with Gasteiger partial charge in [-0.1, -0.05) is 6.92 Å². The zero-order valence-electron chi connectivity index (χ0n) is 8.58. The first kappa shape index (κ1) is 9.47. The summed E-state index contributed by atoms with van der Waals surface area (Å²) in [6.07, 6.45) is 4.01. The Kier molecular flexibility index (Phi) is 2.89. The minimum Gasteiger partial charge on any atom is -0.396 e. The van der Waals surface area contributed by atoms with Crippen LogP contribution in [0.2, 0.25) is 0 Å². The molecule has 2 fully saturated rings. The number of rotatable bonds is 3. The van der Waals surface area contributed by atoms with Crippen LogP contribution in [0, 0.1) is 17.8 Å². The minimum absolute atomic E-state index is 0.412. The number of nitrogens with zero attached hydrogens (tertiary/aromatic N) is 1. The van der Waals surface area contributed by atoms with E-state index in [1.54, 1.807) is 0 Å². The van der Waals surface area contributed by atoms with Gasteiger partial charge in [0.2, 0.25) is 0 Å². The normalized spacial score (nSPS) is 36.5. The van der Waals surface area contributed by atoms with Crippen LogP contribution in [0.4, 0.5) is 0 Å². The van der Waals surface area contributed by atoms with Crippen LogP contribution in [0.5, 0.6) is 0 Å². The molecule has 1 aliphatic carbocycles. The molecule has 0 amide bonds. The third kappa shape index (κ3) is 2.44. The Morgan fingerprint density at radius 1 is 1.23 bits per heavy atom. The molecule has 2 rings (SSSR count). The van der Waals surface area contributed by atoms with E-state index in [0.29, 0.717) is 12.5 Å². The predicted octanol–water partition coefficient (Wildman–Crippen LogP) is 1.35. The molecular formula is C11H21NO. The van der Waals surface area contributed by atoms with Crippen LogP contribution in [-0.4, -0.2) is 36.2 Å². The Morgan fingerprint density at radius 3 is 2.46 bits per heavy atom. The van der Waals surface area contributed by atoms with Gasteiger partial charge in [0, 0.05) is 13.2 Å². The number of aliphatic hydroxyl groups excluding tert-OH is 1. The van der Waals surface area contributed by atoms with Crippen molar-refractivity contribution in [3.63, 3.8) is 0 Å². The van der Waals surface area contributed by atoms with Gasteiger partial charge in [-0.3, -0.25) is 0 Å². The van der Waals surface area contributed by atoms with Crippen LogP contribution in [0.25, 0.3) is 0 Å². The summed E-state index contributed by atoms with van der Waals surface area (Å²) in [7, 11) is 0. The van der Waals surface area contributed by atoms with Crippen molar-refractivity contribution in [2.45, 2.75) is 26.2 Å². The van der Waals surface area contributed by atoms with Crippen molar-refractivity contribution < 1.29 is 5.11 Å². The lowest BCUT2D eigenvalue weighted by atomic mass is 9.99. The van der Waals surface area contributed by atoms with E-state index in [4.69, 9.17) is 5.11 Å². The van der Waals surface area contributed by atoms with Gasteiger partial charge in [-0.15, -0.1) is 0 Å². The van der Waals surface area contributed by atoms with Crippen molar-refractivity contribution in [1.82, 2.24) is 4.90 Å². The summed E-state index contributed by atoms with van der Waals surface area (Å²) in [6, 6.07) is 0. The fourth-order valence-corrected chi connectivity index (χ4v) is 2.33. The highest BCUT2D eigenvalue weighted by Crippen LogP contribution is 2.38. The van der Waals surface area contributed by atoms with Crippen LogP contribution in [-0.2, 0) is 0 Å². The lowest BCUT2D eigenvalue weighted by Gasteiger charge is -2.30. The first-order valence-corrected chi connectivity index (χ1v) is 5.63. The van der Waals surface area contributed by atoms with E-state index in [1.165, 1.54) is 38.9 Å². The Bertz CT molecular complexity index is 163. The highest BCUT2D eigenvalue weighted by molar-refractivity contribution is 4.88. The van der Waals surface area contributed by atoms with Crippen LogP contribution >= 0.6 is 0 Å². The fraction of sp³-hybridized carbons (Fsp3) is 1.00. The Morgan fingerprint density at radius 2 is 1.92 bits per heavy atom. The van der Waals surface area contributed by atoms with Gasteiger partial charge in [0.1, 0.15) is 0 Å². The summed E-state index contributed by atoms with van der Waals surface area (Å²) in [4.78, 5) is 2.58. The molecule has 1 N–H and O–H groups in total. The average Bonchev–Trinajstić information content (AvgIpc) is 2.88. The largest absolute Gasteiger partial charge is 0.396 e. The first-order chi connectivity index (χ1) is 6.29. The van der Waals surface area contributed by atoms with E-state index in [1.807, 2.05) is 0 Å². The lowest BCUT2D eigenvalue weighted by Crippen LogP contribution is -2.34. The molecule has 76 valence electrons. The maximum absolute atomic E-state index is 8.93. The van der Waals surface area contributed by atoms with Gasteiger partial charge in [-0.05, 0) is 50.1 Å². The van der Waals surface area contributed by atoms with Gasteiger partial charge in [0.15, 0.2) is 0 Å². The smallest absolute Gasteiger partial charge is 0.0462 e. The van der Waals surface area contributed by atoms with Crippen molar-refractivity contribution >= 4 is 0 Å². The van der Waals surface area contributed by atoms with Crippen molar-refractivity contribution in [2.75, 3.05) is 26.2 Å². The second kappa shape index (κ2) is 3.97. The Hall–Kier alpha value is -0.0800. The average molecular weight is 183 g/mol. The van der Waals surface area contributed by atoms with Crippen molar-refractivity contribution in [1.29, 1.82) is 0 Å². The minimum atomic E-state index is 0.412. The summed E-state index contributed by atoms with van der Waals surface area (Å²) in [5.41, 5.74) is 0. The van der Waals surface area contributed by atoms with Crippen LogP contribution in [0.3, 0.4) is 0 Å². The molecule has 0 radical (unpaired) electrons. The zero-order valence-corrected chi connectivity index (χ0v) is 8.58. The van der Waals surface area contributed by atoms with Crippen LogP contribution in [0.15, 0.2) is 0 Å². The molecule has 2 heteroatoms. The summed E-state index contributed by atoms with van der Waals surface area (Å²) < 4.78 is 0. The maximum atomic E-state index is 8.93. The second-order valence-electron chi connectivity index (χ2n) is 4.92. The molecule has 0 bridgehead atoms. The SMILES string of the molecule is CC1CCN(C[C@H]2C[C@H]2CO)CC1. The van der Waals surface area contributed by atoms with Gasteiger partial charge in [-0.25, -0.2) is 0 Å². The molecule has 1 heterocycles. The van der Waals surface area contributed by atoms with E-state index < -0.39 is 0 Å². The summed E-state index contributed by atoms with van der Waals surface area (Å²) in [5.74, 6) is 2.39. The van der Waals surface area contributed by atoms with E-state index in [2.05, 4.69) is 11.8 Å².